The number of nitrogens with one attached hydrogen (secondary N) is 1. The van der Waals surface area contributed by atoms with E-state index in [1.165, 1.54) is 6.07 Å². The second kappa shape index (κ2) is 10.0. The Hall–Kier alpha value is -3.66. The molecule has 1 N–H and O–H groups in total. The maximum Gasteiger partial charge on any atom is 0.416 e. The molecule has 10 heteroatoms. The van der Waals surface area contributed by atoms with Crippen molar-refractivity contribution in [3.63, 3.8) is 0 Å². The van der Waals surface area contributed by atoms with E-state index in [0.29, 0.717) is 30.6 Å². The predicted octanol–water partition coefficient (Wildman–Crippen LogP) is 5.17. The number of carbonyl (C=O) groups excluding carboxylic acids is 2. The van der Waals surface area contributed by atoms with Crippen LogP contribution >= 0.6 is 15.9 Å². The maximum atomic E-state index is 13.0. The van der Waals surface area contributed by atoms with E-state index in [-0.39, 0.29) is 29.3 Å². The predicted molar refractivity (Wildman–Crippen MR) is 135 cm³/mol. The van der Waals surface area contributed by atoms with Crippen LogP contribution in [0.15, 0.2) is 71.5 Å². The molecule has 0 saturated carbocycles. The fourth-order valence-electron chi connectivity index (χ4n) is 4.44. The molecular formula is C27H22BrF3N4O2. The van der Waals surface area contributed by atoms with Gasteiger partial charge >= 0.3 is 6.18 Å². The Bertz CT molecular complexity index is 1500. The quantitative estimate of drug-likeness (QED) is 0.360. The van der Waals surface area contributed by atoms with Gasteiger partial charge in [0.05, 0.1) is 17.7 Å². The summed E-state index contributed by atoms with van der Waals surface area (Å²) in [5.74, 6) is -0.359. The highest BCUT2D eigenvalue weighted by Gasteiger charge is 2.30. The lowest BCUT2D eigenvalue weighted by atomic mass is 9.96. The van der Waals surface area contributed by atoms with Gasteiger partial charge in [-0.25, -0.2) is 4.98 Å². The molecule has 5 rings (SSSR count). The van der Waals surface area contributed by atoms with Gasteiger partial charge in [-0.1, -0.05) is 34.1 Å². The molecule has 0 radical (unpaired) electrons. The fourth-order valence-corrected chi connectivity index (χ4v) is 4.96. The summed E-state index contributed by atoms with van der Waals surface area (Å²) in [7, 11) is 0. The Morgan fingerprint density at radius 1 is 1.05 bits per heavy atom. The van der Waals surface area contributed by atoms with Crippen LogP contribution in [0.25, 0.3) is 5.65 Å². The zero-order valence-electron chi connectivity index (χ0n) is 19.6. The number of aromatic nitrogens is 2. The number of hydrogen-bond donors (Lipinski definition) is 1. The maximum absolute atomic E-state index is 13.0. The van der Waals surface area contributed by atoms with Gasteiger partial charge in [-0.15, -0.1) is 0 Å². The summed E-state index contributed by atoms with van der Waals surface area (Å²) in [5.41, 5.74) is 3.79. The van der Waals surface area contributed by atoms with Crippen molar-refractivity contribution in [1.82, 2.24) is 19.6 Å². The molecule has 1 aliphatic heterocycles. The molecule has 0 saturated heterocycles. The van der Waals surface area contributed by atoms with Gasteiger partial charge in [0.15, 0.2) is 0 Å². The van der Waals surface area contributed by atoms with Crippen molar-refractivity contribution in [3.05, 3.63) is 105 Å². The van der Waals surface area contributed by atoms with Crippen LogP contribution in [0.3, 0.4) is 0 Å². The number of benzene rings is 2. The molecule has 1 aliphatic rings. The summed E-state index contributed by atoms with van der Waals surface area (Å²) < 4.78 is 40.8. The third-order valence-corrected chi connectivity index (χ3v) is 7.22. The SMILES string of the molecule is O=C(NCc1ccc(C(F)(F)F)cc1Br)c1ccc2c(c1)CN(C(=O)Cc1cnc3ccccn13)CC2. The van der Waals surface area contributed by atoms with Crippen LogP contribution in [0, 0.1) is 0 Å². The van der Waals surface area contributed by atoms with Crippen molar-refractivity contribution in [3.8, 4) is 0 Å². The van der Waals surface area contributed by atoms with Gasteiger partial charge in [-0.3, -0.25) is 9.59 Å². The zero-order valence-corrected chi connectivity index (χ0v) is 21.1. The normalized spacial score (nSPS) is 13.5. The molecule has 190 valence electrons. The Labute approximate surface area is 219 Å². The van der Waals surface area contributed by atoms with Crippen molar-refractivity contribution < 1.29 is 22.8 Å². The molecule has 0 spiro atoms. The highest BCUT2D eigenvalue weighted by Crippen LogP contribution is 2.32. The van der Waals surface area contributed by atoms with Crippen LogP contribution in [0.4, 0.5) is 13.2 Å². The number of hydrogen-bond acceptors (Lipinski definition) is 3. The number of nitrogens with zero attached hydrogens (tertiary/aromatic N) is 3. The average molecular weight is 571 g/mol. The summed E-state index contributed by atoms with van der Waals surface area (Å²) in [5, 5.41) is 2.76. The molecule has 0 unspecified atom stereocenters. The van der Waals surface area contributed by atoms with E-state index in [2.05, 4.69) is 26.2 Å². The first-order valence-corrected chi connectivity index (χ1v) is 12.4. The lowest BCUT2D eigenvalue weighted by molar-refractivity contribution is -0.137. The molecule has 0 atom stereocenters. The first-order valence-electron chi connectivity index (χ1n) is 11.6. The minimum atomic E-state index is -4.44. The van der Waals surface area contributed by atoms with Crippen LogP contribution in [0.2, 0.25) is 0 Å². The summed E-state index contributed by atoms with van der Waals surface area (Å²) in [4.78, 5) is 32.0. The van der Waals surface area contributed by atoms with Gasteiger partial charge in [0, 0.05) is 42.1 Å². The van der Waals surface area contributed by atoms with Crippen LogP contribution < -0.4 is 5.32 Å². The first-order chi connectivity index (χ1) is 17.7. The highest BCUT2D eigenvalue weighted by molar-refractivity contribution is 9.10. The summed E-state index contributed by atoms with van der Waals surface area (Å²) in [6.45, 7) is 1.06. The van der Waals surface area contributed by atoms with Gasteiger partial charge in [-0.2, -0.15) is 13.2 Å². The number of imidazole rings is 1. The Balaban J connectivity index is 1.24. The number of rotatable bonds is 5. The van der Waals surface area contributed by atoms with Gasteiger partial charge in [-0.05, 0) is 59.5 Å². The molecule has 37 heavy (non-hydrogen) atoms. The van der Waals surface area contributed by atoms with Crippen molar-refractivity contribution in [2.45, 2.75) is 32.1 Å². The number of amides is 2. The molecule has 2 aromatic carbocycles. The largest absolute Gasteiger partial charge is 0.416 e. The number of halogens is 4. The molecule has 3 heterocycles. The van der Waals surface area contributed by atoms with Crippen LogP contribution in [0.1, 0.15) is 38.3 Å². The van der Waals surface area contributed by atoms with E-state index in [4.69, 9.17) is 0 Å². The summed E-state index contributed by atoms with van der Waals surface area (Å²) in [6, 6.07) is 14.4. The lowest BCUT2D eigenvalue weighted by Crippen LogP contribution is -2.37. The standard InChI is InChI=1S/C27H22BrF3N4O2/c28-23-12-21(27(29,30)31)7-6-19(23)14-33-26(37)18-5-4-17-8-10-34(16-20(17)11-18)25(36)13-22-15-32-24-3-1-2-9-35(22)24/h1-7,9,11-12,15H,8,10,13-14,16H2,(H,33,37). The van der Waals surface area contributed by atoms with E-state index in [1.54, 1.807) is 23.2 Å². The minimum absolute atomic E-state index is 0.0155. The number of fused-ring (bicyclic) bond motifs is 2. The van der Waals surface area contributed by atoms with E-state index in [0.717, 1.165) is 34.6 Å². The molecular weight excluding hydrogens is 549 g/mol. The molecule has 0 bridgehead atoms. The van der Waals surface area contributed by atoms with Gasteiger partial charge < -0.3 is 14.6 Å². The van der Waals surface area contributed by atoms with Crippen molar-refractivity contribution in [2.24, 2.45) is 0 Å². The van der Waals surface area contributed by atoms with Crippen molar-refractivity contribution in [1.29, 1.82) is 0 Å². The second-order valence-electron chi connectivity index (χ2n) is 8.89. The Morgan fingerprint density at radius 2 is 1.89 bits per heavy atom. The molecule has 6 nitrogen and oxygen atoms in total. The third-order valence-electron chi connectivity index (χ3n) is 6.48. The van der Waals surface area contributed by atoms with E-state index < -0.39 is 11.7 Å². The van der Waals surface area contributed by atoms with Crippen molar-refractivity contribution in [2.75, 3.05) is 6.54 Å². The van der Waals surface area contributed by atoms with Crippen molar-refractivity contribution >= 4 is 33.4 Å². The lowest BCUT2D eigenvalue weighted by Gasteiger charge is -2.29. The second-order valence-corrected chi connectivity index (χ2v) is 9.74. The number of pyridine rings is 1. The van der Waals surface area contributed by atoms with E-state index in [1.807, 2.05) is 34.9 Å². The summed E-state index contributed by atoms with van der Waals surface area (Å²) in [6.07, 6.45) is 0.0693. The molecule has 2 aromatic heterocycles. The third kappa shape index (κ3) is 5.39. The first kappa shape index (κ1) is 25.0. The van der Waals surface area contributed by atoms with E-state index in [9.17, 15) is 22.8 Å². The van der Waals surface area contributed by atoms with E-state index >= 15 is 0 Å². The topological polar surface area (TPSA) is 66.7 Å². The van der Waals surface area contributed by atoms with Crippen LogP contribution in [-0.2, 0) is 36.9 Å². The van der Waals surface area contributed by atoms with Gasteiger partial charge in [0.1, 0.15) is 5.65 Å². The Morgan fingerprint density at radius 3 is 2.68 bits per heavy atom. The average Bonchev–Trinajstić information content (AvgIpc) is 3.29. The monoisotopic (exact) mass is 570 g/mol. The molecule has 0 aliphatic carbocycles. The molecule has 4 aromatic rings. The number of carbonyl (C=O) groups is 2. The van der Waals surface area contributed by atoms with Gasteiger partial charge in [0.2, 0.25) is 5.91 Å². The fraction of sp³-hybridized carbons (Fsp3) is 0.222. The zero-order chi connectivity index (χ0) is 26.2. The van der Waals surface area contributed by atoms with Gasteiger partial charge in [0.25, 0.3) is 5.91 Å². The summed E-state index contributed by atoms with van der Waals surface area (Å²) >= 11 is 3.16. The van der Waals surface area contributed by atoms with Crippen LogP contribution in [-0.4, -0.2) is 32.6 Å². The molecule has 2 amide bonds. The smallest absolute Gasteiger partial charge is 0.348 e. The highest BCUT2D eigenvalue weighted by atomic mass is 79.9. The minimum Gasteiger partial charge on any atom is -0.348 e. The number of alkyl halides is 3. The Kier molecular flexibility index (Phi) is 6.76. The molecule has 0 fully saturated rings. The van der Waals surface area contributed by atoms with Crippen LogP contribution in [0.5, 0.6) is 0 Å².